The highest BCUT2D eigenvalue weighted by Gasteiger charge is 1.81. The summed E-state index contributed by atoms with van der Waals surface area (Å²) >= 11 is 0. The molecule has 0 amide bonds. The molecule has 1 aliphatic rings. The van der Waals surface area contributed by atoms with Crippen molar-refractivity contribution in [1.82, 2.24) is 0 Å². The zero-order chi connectivity index (χ0) is 4.24. The van der Waals surface area contributed by atoms with Crippen LogP contribution in [-0.2, 0) is 9.88 Å². The molecule has 0 unspecified atom stereocenters. The summed E-state index contributed by atoms with van der Waals surface area (Å²) in [5.74, 6) is 0. The average Bonchev–Trinajstić information content (AvgIpc) is 1.72. The van der Waals surface area contributed by atoms with Crippen molar-refractivity contribution in [3.05, 3.63) is 0 Å². The summed E-state index contributed by atoms with van der Waals surface area (Å²) < 4.78 is 0. The molecule has 0 aromatic heterocycles. The first-order valence-corrected chi connectivity index (χ1v) is 1.13. The van der Waals surface area contributed by atoms with Gasteiger partial charge in [-0.3, -0.25) is 0 Å². The Morgan fingerprint density at radius 2 is 1.00 bits per heavy atom. The standard InChI is InChI=1S/N4O2/c1-2-6-4-3-5-1. The average molecular weight is 88.0 g/mol. The van der Waals surface area contributed by atoms with Crippen LogP contribution in [0.5, 0.6) is 0 Å². The van der Waals surface area contributed by atoms with Gasteiger partial charge < -0.3 is 0 Å². The van der Waals surface area contributed by atoms with Crippen molar-refractivity contribution >= 4 is 0 Å². The van der Waals surface area contributed by atoms with Gasteiger partial charge in [0, 0.05) is 0 Å². The van der Waals surface area contributed by atoms with Gasteiger partial charge >= 0.3 is 0 Å². The lowest BCUT2D eigenvalue weighted by atomic mass is 12.7. The van der Waals surface area contributed by atoms with Crippen molar-refractivity contribution in [2.24, 2.45) is 21.1 Å². The van der Waals surface area contributed by atoms with Crippen LogP contribution >= 0.6 is 0 Å². The second-order valence-electron chi connectivity index (χ2n) is 0.490. The fourth-order valence-electron chi connectivity index (χ4n) is 0.0923. The maximum Gasteiger partial charge on any atom is 0.0989 e. The smallest absolute Gasteiger partial charge is 0.0989 e. The van der Waals surface area contributed by atoms with E-state index in [1.807, 2.05) is 0 Å². The Morgan fingerprint density at radius 1 is 0.667 bits per heavy atom. The number of nitrogens with zero attached hydrogens (tertiary/aromatic N) is 4. The molecule has 1 aliphatic heterocycles. The van der Waals surface area contributed by atoms with Crippen LogP contribution in [0.4, 0.5) is 0 Å². The van der Waals surface area contributed by atoms with E-state index < -0.39 is 0 Å². The van der Waals surface area contributed by atoms with Crippen molar-refractivity contribution in [3.63, 3.8) is 0 Å². The summed E-state index contributed by atoms with van der Waals surface area (Å²) in [6.45, 7) is 0. The molecule has 0 aliphatic carbocycles. The van der Waals surface area contributed by atoms with E-state index in [1.54, 1.807) is 0 Å². The highest BCUT2D eigenvalue weighted by molar-refractivity contribution is 3.86. The highest BCUT2D eigenvalue weighted by Crippen LogP contribution is 1.91. The molecule has 0 radical (unpaired) electrons. The monoisotopic (exact) mass is 88.0 g/mol. The Morgan fingerprint density at radius 3 is 1.17 bits per heavy atom. The van der Waals surface area contributed by atoms with E-state index in [0.717, 1.165) is 0 Å². The van der Waals surface area contributed by atoms with Crippen molar-refractivity contribution in [1.29, 1.82) is 0 Å². The van der Waals surface area contributed by atoms with Gasteiger partial charge in [0.25, 0.3) is 0 Å². The Balaban J connectivity index is 2.40. The molecule has 0 N–H and O–H groups in total. The zero-order valence-electron chi connectivity index (χ0n) is 2.61. The third-order valence-electron chi connectivity index (χ3n) is 0.213. The number of rotatable bonds is 0. The summed E-state index contributed by atoms with van der Waals surface area (Å²) in [5.41, 5.74) is 0. The van der Waals surface area contributed by atoms with Gasteiger partial charge in [0.2, 0.25) is 0 Å². The van der Waals surface area contributed by atoms with Gasteiger partial charge in [0.05, 0.1) is 21.1 Å². The molecule has 1 rings (SSSR count). The predicted octanol–water partition coefficient (Wildman–Crippen LogP) is 0.598. The fraction of sp³-hybridized carbons (Fsp3) is 0. The molecule has 0 aromatic carbocycles. The van der Waals surface area contributed by atoms with Gasteiger partial charge in [-0.25, -0.2) is 0 Å². The topological polar surface area (TPSA) is 67.9 Å². The molecule has 0 spiro atoms. The summed E-state index contributed by atoms with van der Waals surface area (Å²) in [5, 5.41) is 11.3. The van der Waals surface area contributed by atoms with Gasteiger partial charge in [0.1, 0.15) is 0 Å². The Labute approximate surface area is 32.3 Å². The maximum absolute atomic E-state index is 3.86. The number of hydrogen-bond donors (Lipinski definition) is 0. The molecule has 32 valence electrons. The first-order valence-electron chi connectivity index (χ1n) is 1.13. The second-order valence-corrected chi connectivity index (χ2v) is 0.490. The van der Waals surface area contributed by atoms with Crippen molar-refractivity contribution in [2.45, 2.75) is 0 Å². The minimum atomic E-state index is 2.82. The molecule has 0 aromatic rings. The van der Waals surface area contributed by atoms with Crippen LogP contribution in [0.1, 0.15) is 0 Å². The van der Waals surface area contributed by atoms with Crippen LogP contribution < -0.4 is 0 Å². The fourth-order valence-corrected chi connectivity index (χ4v) is 0.0923. The van der Waals surface area contributed by atoms with E-state index >= 15 is 0 Å². The normalized spacial score (nSPS) is 16.0. The van der Waals surface area contributed by atoms with E-state index in [4.69, 9.17) is 0 Å². The summed E-state index contributed by atoms with van der Waals surface area (Å²) in [4.78, 5) is 7.72. The molecule has 0 saturated carbocycles. The molecule has 6 nitrogen and oxygen atoms in total. The molecule has 0 fully saturated rings. The van der Waals surface area contributed by atoms with Crippen LogP contribution in [0.15, 0.2) is 21.1 Å². The molecule has 1 heterocycles. The van der Waals surface area contributed by atoms with Crippen LogP contribution in [0.3, 0.4) is 0 Å². The first kappa shape index (κ1) is 3.01. The minimum Gasteiger partial charge on any atom is -0.198 e. The van der Waals surface area contributed by atoms with E-state index in [1.165, 1.54) is 0 Å². The third kappa shape index (κ3) is 0.394. The van der Waals surface area contributed by atoms with Gasteiger partial charge in [-0.1, -0.05) is 0 Å². The van der Waals surface area contributed by atoms with Crippen molar-refractivity contribution < 1.29 is 9.88 Å². The Bertz CT molecular complexity index is 63.5. The van der Waals surface area contributed by atoms with Gasteiger partial charge in [0.15, 0.2) is 0 Å². The number of hydrogen-bond acceptors (Lipinski definition) is 6. The van der Waals surface area contributed by atoms with Gasteiger partial charge in [-0.05, 0) is 0 Å². The van der Waals surface area contributed by atoms with E-state index in [0.29, 0.717) is 0 Å². The van der Waals surface area contributed by atoms with E-state index in [9.17, 15) is 0 Å². The van der Waals surface area contributed by atoms with Crippen molar-refractivity contribution in [2.75, 3.05) is 0 Å². The summed E-state index contributed by atoms with van der Waals surface area (Å²) in [7, 11) is 0. The molecular weight excluding hydrogens is 88.0 g/mol. The first-order chi connectivity index (χ1) is 3.00. The van der Waals surface area contributed by atoms with Crippen LogP contribution in [0.25, 0.3) is 0 Å². The Kier molecular flexibility index (Phi) is 0.648. The highest BCUT2D eigenvalue weighted by atomic mass is 16.9. The molecule has 0 bridgehead atoms. The quantitative estimate of drug-likeness (QED) is 0.435. The maximum atomic E-state index is 3.86. The lowest BCUT2D eigenvalue weighted by Crippen LogP contribution is -1.73. The van der Waals surface area contributed by atoms with Gasteiger partial charge in [-0.15, -0.1) is 0 Å². The molecule has 6 heavy (non-hydrogen) atoms. The van der Waals surface area contributed by atoms with Gasteiger partial charge in [-0.2, -0.15) is 9.88 Å². The molecular formula is N4O2. The summed E-state index contributed by atoms with van der Waals surface area (Å²) in [6, 6.07) is 0. The summed E-state index contributed by atoms with van der Waals surface area (Å²) in [6.07, 6.45) is 0. The minimum absolute atomic E-state index is 2.82. The zero-order valence-corrected chi connectivity index (χ0v) is 2.61. The predicted molar refractivity (Wildman–Crippen MR) is 11.9 cm³/mol. The SMILES string of the molecule is N1=NON=NO1. The lowest BCUT2D eigenvalue weighted by molar-refractivity contribution is -0.0458. The van der Waals surface area contributed by atoms with E-state index in [2.05, 4.69) is 31.0 Å². The Hall–Kier alpha value is -1.20. The second kappa shape index (κ2) is 1.29. The van der Waals surface area contributed by atoms with Crippen molar-refractivity contribution in [3.8, 4) is 0 Å². The van der Waals surface area contributed by atoms with Crippen LogP contribution in [-0.4, -0.2) is 0 Å². The van der Waals surface area contributed by atoms with Crippen LogP contribution in [0, 0.1) is 0 Å². The molecule has 0 atom stereocenters. The molecule has 0 saturated heterocycles. The largest absolute Gasteiger partial charge is 0.198 e. The lowest BCUT2D eigenvalue weighted by Gasteiger charge is -1.83. The molecule has 6 heteroatoms. The van der Waals surface area contributed by atoms with E-state index in [-0.39, 0.29) is 0 Å². The van der Waals surface area contributed by atoms with Crippen LogP contribution in [0.2, 0.25) is 0 Å². The third-order valence-corrected chi connectivity index (χ3v) is 0.213.